The number of rotatable bonds is 1. The van der Waals surface area contributed by atoms with E-state index in [2.05, 4.69) is 5.32 Å². The molecule has 0 spiro atoms. The molecule has 0 aromatic carbocycles. The number of hydrogen-bond acceptors (Lipinski definition) is 3. The fourth-order valence-electron chi connectivity index (χ4n) is 0.423. The molecule has 0 unspecified atom stereocenters. The van der Waals surface area contributed by atoms with Gasteiger partial charge in [-0.25, -0.2) is 8.42 Å². The maximum absolute atomic E-state index is 9.98. The third kappa shape index (κ3) is 0.920. The largest absolute Gasteiger partial charge is 0.314 e. The van der Waals surface area contributed by atoms with Crippen molar-refractivity contribution in [3.63, 3.8) is 0 Å². The van der Waals surface area contributed by atoms with E-state index in [1.165, 1.54) is 0 Å². The van der Waals surface area contributed by atoms with E-state index in [-0.39, 0.29) is 5.25 Å². The van der Waals surface area contributed by atoms with Crippen LogP contribution in [0.15, 0.2) is 0 Å². The Bertz CT molecular complexity index is 119. The lowest BCUT2D eigenvalue weighted by Gasteiger charge is -2.20. The summed E-state index contributed by atoms with van der Waals surface area (Å²) in [6, 6.07) is 0. The zero-order chi connectivity index (χ0) is 5.28. The molecule has 3 nitrogen and oxygen atoms in total. The Hall–Kier alpha value is -0.0900. The first-order valence-corrected chi connectivity index (χ1v) is 3.39. The third-order valence-electron chi connectivity index (χ3n) is 1.06. The average Bonchev–Trinajstić information content (AvgIpc) is 1.23. The van der Waals surface area contributed by atoms with Gasteiger partial charge in [-0.15, -0.1) is 0 Å². The summed E-state index contributed by atoms with van der Waals surface area (Å²) in [5, 5.41) is 2.78. The predicted octanol–water partition coefficient (Wildman–Crippen LogP) is -1.43. The van der Waals surface area contributed by atoms with Crippen molar-refractivity contribution in [2.24, 2.45) is 0 Å². The van der Waals surface area contributed by atoms with E-state index >= 15 is 0 Å². The van der Waals surface area contributed by atoms with Crippen LogP contribution in [-0.2, 0) is 10.7 Å². The van der Waals surface area contributed by atoms with E-state index in [4.69, 9.17) is 0 Å². The van der Waals surface area contributed by atoms with Gasteiger partial charge in [-0.05, 0) is 0 Å². The van der Waals surface area contributed by atoms with Crippen molar-refractivity contribution in [2.75, 3.05) is 13.1 Å². The molecule has 0 aliphatic carbocycles. The molecule has 42 valence electrons. The Kier molecular flexibility index (Phi) is 1.30. The highest BCUT2D eigenvalue weighted by atomic mass is 32.2. The summed E-state index contributed by atoms with van der Waals surface area (Å²) in [7, 11) is -2.14. The Morgan fingerprint density at radius 3 is 2.00 bits per heavy atom. The molecule has 0 bridgehead atoms. The van der Waals surface area contributed by atoms with Crippen LogP contribution in [0.25, 0.3) is 0 Å². The van der Waals surface area contributed by atoms with Gasteiger partial charge in [0, 0.05) is 13.1 Å². The molecule has 1 aliphatic rings. The first kappa shape index (κ1) is 5.05. The average molecular weight is 121 g/mol. The lowest BCUT2D eigenvalue weighted by molar-refractivity contribution is 0.507. The third-order valence-corrected chi connectivity index (χ3v) is 2.02. The normalized spacial score (nSPS) is 22.4. The SMILES string of the molecule is O=[SH](=O)C1CNC1. The maximum Gasteiger partial charge on any atom is 0.145 e. The Balaban J connectivity index is 2.41. The van der Waals surface area contributed by atoms with Crippen molar-refractivity contribution in [3.05, 3.63) is 0 Å². The molecule has 4 heteroatoms. The Labute approximate surface area is 43.7 Å². The molecule has 1 aliphatic heterocycles. The second kappa shape index (κ2) is 1.79. The topological polar surface area (TPSA) is 46.2 Å². The first-order chi connectivity index (χ1) is 3.30. The van der Waals surface area contributed by atoms with Crippen molar-refractivity contribution >= 4 is 10.7 Å². The lowest BCUT2D eigenvalue weighted by Crippen LogP contribution is -2.47. The summed E-state index contributed by atoms with van der Waals surface area (Å²) < 4.78 is 20.0. The molecule has 0 radical (unpaired) electrons. The van der Waals surface area contributed by atoms with Gasteiger partial charge in [-0.3, -0.25) is 0 Å². The summed E-state index contributed by atoms with van der Waals surface area (Å²) in [6.45, 7) is 1.30. The quantitative estimate of drug-likeness (QED) is 0.418. The monoisotopic (exact) mass is 121 g/mol. The van der Waals surface area contributed by atoms with Gasteiger partial charge in [0.25, 0.3) is 0 Å². The van der Waals surface area contributed by atoms with Crippen LogP contribution in [-0.4, -0.2) is 26.8 Å². The van der Waals surface area contributed by atoms with Gasteiger partial charge in [-0.1, -0.05) is 0 Å². The van der Waals surface area contributed by atoms with Crippen molar-refractivity contribution in [3.8, 4) is 0 Å². The summed E-state index contributed by atoms with van der Waals surface area (Å²) in [5.41, 5.74) is 0. The standard InChI is InChI=1S/C3H7NO2S/c5-7(6)3-1-4-2-3/h3-4,7H,1-2H2. The van der Waals surface area contributed by atoms with Crippen molar-refractivity contribution in [1.29, 1.82) is 0 Å². The van der Waals surface area contributed by atoms with Crippen LogP contribution >= 0.6 is 0 Å². The zero-order valence-corrected chi connectivity index (χ0v) is 4.65. The van der Waals surface area contributed by atoms with Crippen molar-refractivity contribution in [2.45, 2.75) is 5.25 Å². The minimum atomic E-state index is -2.14. The molecule has 1 heterocycles. The molecule has 7 heavy (non-hydrogen) atoms. The van der Waals surface area contributed by atoms with E-state index in [0.717, 1.165) is 0 Å². The highest BCUT2D eigenvalue weighted by molar-refractivity contribution is 7.73. The summed E-state index contributed by atoms with van der Waals surface area (Å²) in [4.78, 5) is 0. The Morgan fingerprint density at radius 1 is 1.43 bits per heavy atom. The Morgan fingerprint density at radius 2 is 2.00 bits per heavy atom. The van der Waals surface area contributed by atoms with Crippen molar-refractivity contribution < 1.29 is 8.42 Å². The first-order valence-electron chi connectivity index (χ1n) is 2.15. The van der Waals surface area contributed by atoms with E-state index in [0.29, 0.717) is 13.1 Å². The van der Waals surface area contributed by atoms with Gasteiger partial charge < -0.3 is 5.32 Å². The minimum absolute atomic E-state index is 0.0741. The van der Waals surface area contributed by atoms with Gasteiger partial charge in [-0.2, -0.15) is 0 Å². The van der Waals surface area contributed by atoms with Crippen LogP contribution in [0.2, 0.25) is 0 Å². The molecule has 1 rings (SSSR count). The fourth-order valence-corrected chi connectivity index (χ4v) is 0.979. The van der Waals surface area contributed by atoms with Crippen LogP contribution < -0.4 is 5.32 Å². The van der Waals surface area contributed by atoms with Crippen LogP contribution in [0.5, 0.6) is 0 Å². The van der Waals surface area contributed by atoms with E-state index in [1.54, 1.807) is 0 Å². The molecule has 0 saturated carbocycles. The predicted molar refractivity (Wildman–Crippen MR) is 27.0 cm³/mol. The van der Waals surface area contributed by atoms with Gasteiger partial charge >= 0.3 is 0 Å². The molecule has 1 fully saturated rings. The summed E-state index contributed by atoms with van der Waals surface area (Å²) in [5.74, 6) is 0. The molecular weight excluding hydrogens is 114 g/mol. The summed E-state index contributed by atoms with van der Waals surface area (Å²) in [6.07, 6.45) is 0. The molecule has 0 atom stereocenters. The summed E-state index contributed by atoms with van der Waals surface area (Å²) >= 11 is 0. The molecule has 0 aromatic rings. The van der Waals surface area contributed by atoms with Gasteiger partial charge in [0.2, 0.25) is 0 Å². The van der Waals surface area contributed by atoms with Gasteiger partial charge in [0.15, 0.2) is 0 Å². The number of hydrogen-bond donors (Lipinski definition) is 2. The second-order valence-corrected chi connectivity index (χ2v) is 2.90. The van der Waals surface area contributed by atoms with Crippen LogP contribution in [0.1, 0.15) is 0 Å². The highest BCUT2D eigenvalue weighted by Crippen LogP contribution is 1.93. The van der Waals surface area contributed by atoms with E-state index in [1.807, 2.05) is 0 Å². The molecule has 1 N–H and O–H groups in total. The van der Waals surface area contributed by atoms with Gasteiger partial charge in [0.1, 0.15) is 10.7 Å². The van der Waals surface area contributed by atoms with Crippen LogP contribution in [0.4, 0.5) is 0 Å². The molecular formula is C3H7NO2S. The zero-order valence-electron chi connectivity index (χ0n) is 3.76. The van der Waals surface area contributed by atoms with E-state index < -0.39 is 10.7 Å². The van der Waals surface area contributed by atoms with E-state index in [9.17, 15) is 8.42 Å². The van der Waals surface area contributed by atoms with Crippen LogP contribution in [0, 0.1) is 0 Å². The second-order valence-electron chi connectivity index (χ2n) is 1.60. The van der Waals surface area contributed by atoms with Gasteiger partial charge in [0.05, 0.1) is 5.25 Å². The number of nitrogens with one attached hydrogen (secondary N) is 1. The lowest BCUT2D eigenvalue weighted by atomic mass is 10.3. The fraction of sp³-hybridized carbons (Fsp3) is 1.00. The smallest absolute Gasteiger partial charge is 0.145 e. The van der Waals surface area contributed by atoms with Crippen molar-refractivity contribution in [1.82, 2.24) is 5.32 Å². The molecule has 0 aromatic heterocycles. The molecule has 0 amide bonds. The highest BCUT2D eigenvalue weighted by Gasteiger charge is 2.18. The maximum atomic E-state index is 9.98. The minimum Gasteiger partial charge on any atom is -0.314 e. The molecule has 1 saturated heterocycles. The van der Waals surface area contributed by atoms with Crippen LogP contribution in [0.3, 0.4) is 0 Å². The number of thiol groups is 1.